The van der Waals surface area contributed by atoms with Crippen molar-refractivity contribution in [2.45, 2.75) is 6.92 Å². The molecule has 17 heavy (non-hydrogen) atoms. The first-order valence-corrected chi connectivity index (χ1v) is 6.62. The van der Waals surface area contributed by atoms with Gasteiger partial charge in [-0.3, -0.25) is 4.79 Å². The van der Waals surface area contributed by atoms with E-state index < -0.39 is 0 Å². The van der Waals surface area contributed by atoms with Crippen LogP contribution in [0.5, 0.6) is 0 Å². The normalized spacial score (nSPS) is 17.5. The summed E-state index contributed by atoms with van der Waals surface area (Å²) in [5, 5.41) is 4.07. The minimum Gasteiger partial charge on any atom is -0.367 e. The number of likely N-dealkylation sites (N-methyl/N-ethyl adjacent to an activating group) is 1. The zero-order valence-corrected chi connectivity index (χ0v) is 11.8. The van der Waals surface area contributed by atoms with Gasteiger partial charge < -0.3 is 9.80 Å². The number of nitrogens with zero attached hydrogens (tertiary/aromatic N) is 4. The molecule has 1 aromatic rings. The van der Waals surface area contributed by atoms with Crippen molar-refractivity contribution in [1.29, 1.82) is 0 Å². The lowest BCUT2D eigenvalue weighted by Crippen LogP contribution is -2.46. The third-order valence-corrected chi connectivity index (χ3v) is 3.97. The molecule has 0 radical (unpaired) electrons. The Kier molecular flexibility index (Phi) is 3.83. The molecule has 1 aliphatic heterocycles. The molecule has 0 spiro atoms. The van der Waals surface area contributed by atoms with Crippen LogP contribution in [0.1, 0.15) is 6.92 Å². The van der Waals surface area contributed by atoms with Crippen LogP contribution in [0.25, 0.3) is 0 Å². The Labute approximate surface area is 109 Å². The Hall–Kier alpha value is -0.880. The predicted octanol–water partition coefficient (Wildman–Crippen LogP) is 0.685. The SMILES string of the molecule is CCN1CCN(c2cnn(C)c(=O)c2Br)CC1. The number of aromatic nitrogens is 2. The summed E-state index contributed by atoms with van der Waals surface area (Å²) in [5.41, 5.74) is 0.823. The van der Waals surface area contributed by atoms with Gasteiger partial charge in [0.25, 0.3) is 5.56 Å². The molecule has 94 valence electrons. The van der Waals surface area contributed by atoms with E-state index in [0.29, 0.717) is 4.47 Å². The number of hydrogen-bond donors (Lipinski definition) is 0. The van der Waals surface area contributed by atoms with Crippen molar-refractivity contribution >= 4 is 21.6 Å². The van der Waals surface area contributed by atoms with Crippen LogP contribution < -0.4 is 10.5 Å². The van der Waals surface area contributed by atoms with Crippen molar-refractivity contribution in [2.75, 3.05) is 37.6 Å². The summed E-state index contributed by atoms with van der Waals surface area (Å²) in [6.45, 7) is 7.23. The third kappa shape index (κ3) is 2.52. The predicted molar refractivity (Wildman–Crippen MR) is 71.5 cm³/mol. The van der Waals surface area contributed by atoms with Gasteiger partial charge in [-0.15, -0.1) is 0 Å². The maximum atomic E-state index is 11.8. The Morgan fingerprint density at radius 3 is 2.59 bits per heavy atom. The lowest BCUT2D eigenvalue weighted by Gasteiger charge is -2.35. The number of anilines is 1. The molecule has 0 atom stereocenters. The van der Waals surface area contributed by atoms with Gasteiger partial charge >= 0.3 is 0 Å². The molecule has 2 heterocycles. The van der Waals surface area contributed by atoms with Crippen LogP contribution >= 0.6 is 15.9 Å². The van der Waals surface area contributed by atoms with Gasteiger partial charge in [0.1, 0.15) is 4.47 Å². The van der Waals surface area contributed by atoms with E-state index in [4.69, 9.17) is 0 Å². The van der Waals surface area contributed by atoms with Gasteiger partial charge in [0.15, 0.2) is 0 Å². The van der Waals surface area contributed by atoms with Crippen molar-refractivity contribution in [3.05, 3.63) is 21.0 Å². The molecular formula is C11H17BrN4O. The van der Waals surface area contributed by atoms with Gasteiger partial charge in [-0.1, -0.05) is 6.92 Å². The van der Waals surface area contributed by atoms with Crippen LogP contribution in [0.15, 0.2) is 15.5 Å². The number of aryl methyl sites for hydroxylation is 1. The highest BCUT2D eigenvalue weighted by Gasteiger charge is 2.19. The van der Waals surface area contributed by atoms with Crippen LogP contribution in [0.3, 0.4) is 0 Å². The second kappa shape index (κ2) is 5.18. The van der Waals surface area contributed by atoms with Crippen LogP contribution in [-0.4, -0.2) is 47.4 Å². The van der Waals surface area contributed by atoms with E-state index in [1.807, 2.05) is 0 Å². The van der Waals surface area contributed by atoms with Crippen molar-refractivity contribution < 1.29 is 0 Å². The molecule has 0 unspecified atom stereocenters. The number of halogens is 1. The maximum Gasteiger partial charge on any atom is 0.282 e. The lowest BCUT2D eigenvalue weighted by molar-refractivity contribution is 0.271. The van der Waals surface area contributed by atoms with Crippen LogP contribution in [0.4, 0.5) is 5.69 Å². The summed E-state index contributed by atoms with van der Waals surface area (Å²) in [7, 11) is 1.66. The largest absolute Gasteiger partial charge is 0.367 e. The monoisotopic (exact) mass is 300 g/mol. The van der Waals surface area contributed by atoms with E-state index in [-0.39, 0.29) is 5.56 Å². The molecule has 1 aliphatic rings. The topological polar surface area (TPSA) is 41.4 Å². The average Bonchev–Trinajstić information content (AvgIpc) is 2.36. The first kappa shape index (κ1) is 12.6. The van der Waals surface area contributed by atoms with Crippen molar-refractivity contribution in [3.8, 4) is 0 Å². The number of rotatable bonds is 2. The zero-order valence-electron chi connectivity index (χ0n) is 10.2. The molecule has 6 heteroatoms. The van der Waals surface area contributed by atoms with Gasteiger partial charge in [-0.2, -0.15) is 5.10 Å². The highest BCUT2D eigenvalue weighted by Crippen LogP contribution is 2.22. The van der Waals surface area contributed by atoms with Crippen LogP contribution in [0.2, 0.25) is 0 Å². The molecule has 1 aromatic heterocycles. The smallest absolute Gasteiger partial charge is 0.282 e. The summed E-state index contributed by atoms with van der Waals surface area (Å²) in [5.74, 6) is 0. The van der Waals surface area contributed by atoms with Gasteiger partial charge in [0, 0.05) is 33.2 Å². The van der Waals surface area contributed by atoms with Gasteiger partial charge in [-0.05, 0) is 22.5 Å². The second-order valence-corrected chi connectivity index (χ2v) is 4.99. The summed E-state index contributed by atoms with van der Waals surface area (Å²) < 4.78 is 1.95. The summed E-state index contributed by atoms with van der Waals surface area (Å²) in [6, 6.07) is 0. The first-order chi connectivity index (χ1) is 8.13. The number of piperazine rings is 1. The average molecular weight is 301 g/mol. The number of hydrogen-bond acceptors (Lipinski definition) is 4. The molecule has 1 fully saturated rings. The van der Waals surface area contributed by atoms with Crippen molar-refractivity contribution in [3.63, 3.8) is 0 Å². The Morgan fingerprint density at radius 2 is 2.00 bits per heavy atom. The fourth-order valence-electron chi connectivity index (χ4n) is 2.03. The highest BCUT2D eigenvalue weighted by molar-refractivity contribution is 9.10. The summed E-state index contributed by atoms with van der Waals surface area (Å²) in [4.78, 5) is 16.4. The Bertz CT molecular complexity index is 451. The maximum absolute atomic E-state index is 11.8. The van der Waals surface area contributed by atoms with Crippen molar-refractivity contribution in [2.24, 2.45) is 7.05 Å². The van der Waals surface area contributed by atoms with E-state index in [1.165, 1.54) is 4.68 Å². The molecule has 2 rings (SSSR count). The van der Waals surface area contributed by atoms with E-state index in [1.54, 1.807) is 13.2 Å². The fourth-order valence-corrected chi connectivity index (χ4v) is 2.64. The van der Waals surface area contributed by atoms with Gasteiger partial charge in [0.05, 0.1) is 11.9 Å². The third-order valence-electron chi connectivity index (χ3n) is 3.22. The molecule has 0 saturated carbocycles. The minimum atomic E-state index is -0.0829. The molecule has 0 N–H and O–H groups in total. The summed E-state index contributed by atoms with van der Waals surface area (Å²) in [6.07, 6.45) is 1.76. The molecule has 0 aliphatic carbocycles. The quantitative estimate of drug-likeness (QED) is 0.806. The molecule has 0 amide bonds. The minimum absolute atomic E-state index is 0.0829. The van der Waals surface area contributed by atoms with Crippen LogP contribution in [0, 0.1) is 0 Å². The Balaban J connectivity index is 2.19. The fraction of sp³-hybridized carbons (Fsp3) is 0.636. The summed E-state index contributed by atoms with van der Waals surface area (Å²) >= 11 is 3.37. The van der Waals surface area contributed by atoms with Crippen LogP contribution in [-0.2, 0) is 7.05 Å². The molecule has 5 nitrogen and oxygen atoms in total. The van der Waals surface area contributed by atoms with E-state index in [0.717, 1.165) is 38.4 Å². The van der Waals surface area contributed by atoms with E-state index in [9.17, 15) is 4.79 Å². The first-order valence-electron chi connectivity index (χ1n) is 5.82. The molecule has 1 saturated heterocycles. The lowest BCUT2D eigenvalue weighted by atomic mass is 10.3. The molecule has 0 aromatic carbocycles. The second-order valence-electron chi connectivity index (χ2n) is 4.19. The van der Waals surface area contributed by atoms with Gasteiger partial charge in [0.2, 0.25) is 0 Å². The van der Waals surface area contributed by atoms with Crippen molar-refractivity contribution in [1.82, 2.24) is 14.7 Å². The Morgan fingerprint density at radius 1 is 1.35 bits per heavy atom. The zero-order chi connectivity index (χ0) is 12.4. The molecule has 0 bridgehead atoms. The van der Waals surface area contributed by atoms with Gasteiger partial charge in [-0.25, -0.2) is 4.68 Å². The molecular weight excluding hydrogens is 284 g/mol. The highest BCUT2D eigenvalue weighted by atomic mass is 79.9. The van der Waals surface area contributed by atoms with E-state index in [2.05, 4.69) is 37.8 Å². The van der Waals surface area contributed by atoms with E-state index >= 15 is 0 Å². The standard InChI is InChI=1S/C11H17BrN4O/c1-3-15-4-6-16(7-5-15)9-8-13-14(2)11(17)10(9)12/h8H,3-7H2,1-2H3.